The highest BCUT2D eigenvalue weighted by Gasteiger charge is 2.00. The predicted molar refractivity (Wildman–Crippen MR) is 53.0 cm³/mol. The van der Waals surface area contributed by atoms with E-state index in [4.69, 9.17) is 11.6 Å². The van der Waals surface area contributed by atoms with Crippen LogP contribution in [0.25, 0.3) is 0 Å². The molecule has 14 heavy (non-hydrogen) atoms. The van der Waals surface area contributed by atoms with Gasteiger partial charge in [0.15, 0.2) is 0 Å². The molecule has 5 nitrogen and oxygen atoms in total. The molecule has 2 aromatic heterocycles. The Labute approximate surface area is 85.6 Å². The van der Waals surface area contributed by atoms with Gasteiger partial charge >= 0.3 is 0 Å². The zero-order valence-corrected chi connectivity index (χ0v) is 7.99. The molecule has 0 amide bonds. The molecule has 2 aromatic rings. The number of imidazole rings is 1. The summed E-state index contributed by atoms with van der Waals surface area (Å²) in [4.78, 5) is 14.6. The van der Waals surface area contributed by atoms with E-state index in [9.17, 15) is 0 Å². The van der Waals surface area contributed by atoms with Crippen molar-refractivity contribution in [2.75, 3.05) is 5.32 Å². The Morgan fingerprint density at radius 3 is 3.00 bits per heavy atom. The largest absolute Gasteiger partial charge is 0.363 e. The Hall–Kier alpha value is -1.62. The lowest BCUT2D eigenvalue weighted by molar-refractivity contribution is 1.04. The van der Waals surface area contributed by atoms with Crippen molar-refractivity contribution >= 4 is 17.4 Å². The third-order valence-electron chi connectivity index (χ3n) is 1.67. The SMILES string of the molecule is Clc1cncnc1NCc1cnc[nH]1. The number of H-pyrrole nitrogens is 1. The van der Waals surface area contributed by atoms with E-state index in [0.29, 0.717) is 17.4 Å². The van der Waals surface area contributed by atoms with Crippen LogP contribution in [-0.4, -0.2) is 19.9 Å². The summed E-state index contributed by atoms with van der Waals surface area (Å²) in [5.41, 5.74) is 0.972. The topological polar surface area (TPSA) is 66.5 Å². The van der Waals surface area contributed by atoms with Gasteiger partial charge in [0.2, 0.25) is 0 Å². The summed E-state index contributed by atoms with van der Waals surface area (Å²) in [7, 11) is 0. The molecule has 0 unspecified atom stereocenters. The van der Waals surface area contributed by atoms with Crippen LogP contribution in [-0.2, 0) is 6.54 Å². The Kier molecular flexibility index (Phi) is 2.60. The number of aromatic amines is 1. The van der Waals surface area contributed by atoms with E-state index >= 15 is 0 Å². The number of aromatic nitrogens is 4. The smallest absolute Gasteiger partial charge is 0.148 e. The molecule has 0 saturated heterocycles. The standard InChI is InChI=1S/C8H8ClN5/c9-7-3-11-5-14-8(7)12-2-6-1-10-4-13-6/h1,3-5H,2H2,(H,10,13)(H,11,12,14). The molecule has 0 aromatic carbocycles. The molecule has 72 valence electrons. The number of rotatable bonds is 3. The fourth-order valence-corrected chi connectivity index (χ4v) is 1.17. The van der Waals surface area contributed by atoms with E-state index in [2.05, 4.69) is 25.3 Å². The van der Waals surface area contributed by atoms with Gasteiger partial charge in [-0.1, -0.05) is 11.6 Å². The minimum Gasteiger partial charge on any atom is -0.363 e. The van der Waals surface area contributed by atoms with Crippen LogP contribution in [0.1, 0.15) is 5.69 Å². The van der Waals surface area contributed by atoms with Crippen LogP contribution < -0.4 is 5.32 Å². The van der Waals surface area contributed by atoms with Crippen molar-refractivity contribution in [1.82, 2.24) is 19.9 Å². The van der Waals surface area contributed by atoms with Crippen molar-refractivity contribution in [3.8, 4) is 0 Å². The van der Waals surface area contributed by atoms with Gasteiger partial charge in [-0.2, -0.15) is 0 Å². The van der Waals surface area contributed by atoms with E-state index in [1.54, 1.807) is 18.7 Å². The molecule has 0 aliphatic rings. The zero-order chi connectivity index (χ0) is 9.80. The predicted octanol–water partition coefficient (Wildman–Crippen LogP) is 1.47. The summed E-state index contributed by atoms with van der Waals surface area (Å²) in [5, 5.41) is 3.57. The highest BCUT2D eigenvalue weighted by atomic mass is 35.5. The Balaban J connectivity index is 2.02. The van der Waals surface area contributed by atoms with E-state index in [-0.39, 0.29) is 0 Å². The summed E-state index contributed by atoms with van der Waals surface area (Å²) in [6.07, 6.45) is 6.35. The molecular weight excluding hydrogens is 202 g/mol. The van der Waals surface area contributed by atoms with Gasteiger partial charge in [0.05, 0.1) is 24.8 Å². The van der Waals surface area contributed by atoms with Crippen LogP contribution in [0.5, 0.6) is 0 Å². The molecule has 0 atom stereocenters. The number of nitrogens with zero attached hydrogens (tertiary/aromatic N) is 3. The van der Waals surface area contributed by atoms with Crippen LogP contribution >= 0.6 is 11.6 Å². The van der Waals surface area contributed by atoms with Crippen molar-refractivity contribution in [1.29, 1.82) is 0 Å². The van der Waals surface area contributed by atoms with Crippen molar-refractivity contribution in [3.05, 3.63) is 35.8 Å². The van der Waals surface area contributed by atoms with Crippen LogP contribution in [0, 0.1) is 0 Å². The lowest BCUT2D eigenvalue weighted by Gasteiger charge is -2.04. The Bertz CT molecular complexity index is 400. The average molecular weight is 210 g/mol. The van der Waals surface area contributed by atoms with E-state index in [0.717, 1.165) is 5.69 Å². The first-order chi connectivity index (χ1) is 6.86. The molecule has 0 saturated carbocycles. The fraction of sp³-hybridized carbons (Fsp3) is 0.125. The van der Waals surface area contributed by atoms with Gasteiger partial charge in [0, 0.05) is 6.20 Å². The number of anilines is 1. The normalized spacial score (nSPS) is 10.1. The first-order valence-corrected chi connectivity index (χ1v) is 4.40. The fourth-order valence-electron chi connectivity index (χ4n) is 1.00. The quantitative estimate of drug-likeness (QED) is 0.804. The van der Waals surface area contributed by atoms with Crippen LogP contribution in [0.4, 0.5) is 5.82 Å². The summed E-state index contributed by atoms with van der Waals surface area (Å²) in [6.45, 7) is 0.608. The lowest BCUT2D eigenvalue weighted by Crippen LogP contribution is -2.02. The van der Waals surface area contributed by atoms with Crippen molar-refractivity contribution in [2.45, 2.75) is 6.54 Å². The zero-order valence-electron chi connectivity index (χ0n) is 7.24. The molecule has 0 bridgehead atoms. The summed E-state index contributed by atoms with van der Waals surface area (Å²) < 4.78 is 0. The molecule has 0 radical (unpaired) electrons. The van der Waals surface area contributed by atoms with Crippen molar-refractivity contribution in [3.63, 3.8) is 0 Å². The maximum absolute atomic E-state index is 5.85. The molecule has 2 N–H and O–H groups in total. The highest BCUT2D eigenvalue weighted by Crippen LogP contribution is 2.16. The molecule has 0 aliphatic heterocycles. The molecule has 0 spiro atoms. The number of halogens is 1. The van der Waals surface area contributed by atoms with Crippen LogP contribution in [0.2, 0.25) is 5.02 Å². The van der Waals surface area contributed by atoms with Crippen molar-refractivity contribution < 1.29 is 0 Å². The molecule has 6 heteroatoms. The number of hydrogen-bond donors (Lipinski definition) is 2. The third kappa shape index (κ3) is 2.00. The van der Waals surface area contributed by atoms with Gasteiger partial charge in [-0.25, -0.2) is 15.0 Å². The second-order valence-electron chi connectivity index (χ2n) is 2.65. The van der Waals surface area contributed by atoms with E-state index < -0.39 is 0 Å². The minimum absolute atomic E-state index is 0.506. The average Bonchev–Trinajstić information content (AvgIpc) is 2.69. The van der Waals surface area contributed by atoms with E-state index in [1.807, 2.05) is 0 Å². The number of nitrogens with one attached hydrogen (secondary N) is 2. The van der Waals surface area contributed by atoms with Crippen LogP contribution in [0.15, 0.2) is 25.0 Å². The third-order valence-corrected chi connectivity index (χ3v) is 1.95. The molecule has 2 heterocycles. The molecule has 2 rings (SSSR count). The first-order valence-electron chi connectivity index (χ1n) is 4.03. The van der Waals surface area contributed by atoms with E-state index in [1.165, 1.54) is 6.33 Å². The van der Waals surface area contributed by atoms with Gasteiger partial charge < -0.3 is 10.3 Å². The number of hydrogen-bond acceptors (Lipinski definition) is 4. The van der Waals surface area contributed by atoms with Gasteiger partial charge in [-0.05, 0) is 0 Å². The summed E-state index contributed by atoms with van der Waals surface area (Å²) >= 11 is 5.85. The second-order valence-corrected chi connectivity index (χ2v) is 3.06. The van der Waals surface area contributed by atoms with Gasteiger partial charge in [0.25, 0.3) is 0 Å². The van der Waals surface area contributed by atoms with Gasteiger partial charge in [0.1, 0.15) is 17.2 Å². The Morgan fingerprint density at radius 1 is 1.36 bits per heavy atom. The molecular formula is C8H8ClN5. The lowest BCUT2D eigenvalue weighted by atomic mass is 10.4. The Morgan fingerprint density at radius 2 is 2.29 bits per heavy atom. The minimum atomic E-state index is 0.506. The maximum Gasteiger partial charge on any atom is 0.148 e. The highest BCUT2D eigenvalue weighted by molar-refractivity contribution is 6.32. The summed E-state index contributed by atoms with van der Waals surface area (Å²) in [6, 6.07) is 0. The second kappa shape index (κ2) is 4.06. The summed E-state index contributed by atoms with van der Waals surface area (Å²) in [5.74, 6) is 0.622. The van der Waals surface area contributed by atoms with Gasteiger partial charge in [-0.3, -0.25) is 0 Å². The maximum atomic E-state index is 5.85. The molecule has 0 aliphatic carbocycles. The van der Waals surface area contributed by atoms with Gasteiger partial charge in [-0.15, -0.1) is 0 Å². The first kappa shape index (κ1) is 8.96. The monoisotopic (exact) mass is 209 g/mol. The molecule has 0 fully saturated rings. The van der Waals surface area contributed by atoms with Crippen molar-refractivity contribution in [2.24, 2.45) is 0 Å². The van der Waals surface area contributed by atoms with Crippen LogP contribution in [0.3, 0.4) is 0 Å².